The predicted molar refractivity (Wildman–Crippen MR) is 122 cm³/mol. The molecule has 3 aromatic rings. The standard InChI is InChI=1S/C22H25N3O4S2/c1-16(26)17-10-12-18(13-11-17)31(28,29)25(3)14-6-9-22(27)24(2)15-21-23-19-7-4-5-8-20(19)30-21/h4-5,7-8,10-13H,6,9,14-15H2,1-3H3. The molecule has 164 valence electrons. The van der Waals surface area contributed by atoms with Gasteiger partial charge in [-0.25, -0.2) is 17.7 Å². The second kappa shape index (κ2) is 9.67. The van der Waals surface area contributed by atoms with Gasteiger partial charge in [-0.3, -0.25) is 9.59 Å². The number of hydrogen-bond donors (Lipinski definition) is 0. The van der Waals surface area contributed by atoms with E-state index in [0.29, 0.717) is 18.5 Å². The van der Waals surface area contributed by atoms with Crippen LogP contribution < -0.4 is 0 Å². The number of thiazole rings is 1. The summed E-state index contributed by atoms with van der Waals surface area (Å²) in [5.41, 5.74) is 1.38. The Morgan fingerprint density at radius 2 is 1.71 bits per heavy atom. The van der Waals surface area contributed by atoms with Crippen molar-refractivity contribution in [2.75, 3.05) is 20.6 Å². The second-order valence-electron chi connectivity index (χ2n) is 7.34. The van der Waals surface area contributed by atoms with Crippen LogP contribution in [0.3, 0.4) is 0 Å². The maximum atomic E-state index is 12.7. The fraction of sp³-hybridized carbons (Fsp3) is 0.318. The van der Waals surface area contributed by atoms with E-state index in [4.69, 9.17) is 0 Å². The van der Waals surface area contributed by atoms with Crippen LogP contribution in [-0.2, 0) is 21.4 Å². The monoisotopic (exact) mass is 459 g/mol. The zero-order chi connectivity index (χ0) is 22.6. The third-order valence-electron chi connectivity index (χ3n) is 4.97. The molecule has 3 rings (SSSR count). The van der Waals surface area contributed by atoms with Crippen LogP contribution in [0.2, 0.25) is 0 Å². The van der Waals surface area contributed by atoms with Gasteiger partial charge in [-0.2, -0.15) is 0 Å². The fourth-order valence-electron chi connectivity index (χ4n) is 3.08. The third kappa shape index (κ3) is 5.55. The highest BCUT2D eigenvalue weighted by atomic mass is 32.2. The number of para-hydroxylation sites is 1. The van der Waals surface area contributed by atoms with Gasteiger partial charge in [-0.05, 0) is 37.6 Å². The van der Waals surface area contributed by atoms with E-state index in [2.05, 4.69) is 4.98 Å². The van der Waals surface area contributed by atoms with Crippen LogP contribution in [0.4, 0.5) is 0 Å². The van der Waals surface area contributed by atoms with Gasteiger partial charge in [0.05, 0.1) is 21.7 Å². The van der Waals surface area contributed by atoms with Gasteiger partial charge in [0, 0.05) is 32.6 Å². The van der Waals surface area contributed by atoms with Crippen LogP contribution in [-0.4, -0.2) is 54.9 Å². The van der Waals surface area contributed by atoms with Gasteiger partial charge in [-0.15, -0.1) is 11.3 Å². The van der Waals surface area contributed by atoms with Crippen LogP contribution in [0.1, 0.15) is 35.1 Å². The van der Waals surface area contributed by atoms with Gasteiger partial charge in [0.15, 0.2) is 5.78 Å². The van der Waals surface area contributed by atoms with E-state index in [1.54, 1.807) is 23.3 Å². The molecule has 0 radical (unpaired) electrons. The highest BCUT2D eigenvalue weighted by Crippen LogP contribution is 2.22. The Morgan fingerprint density at radius 1 is 1.03 bits per heavy atom. The van der Waals surface area contributed by atoms with E-state index < -0.39 is 10.0 Å². The molecule has 0 N–H and O–H groups in total. The minimum Gasteiger partial charge on any atom is -0.339 e. The summed E-state index contributed by atoms with van der Waals surface area (Å²) in [6.07, 6.45) is 0.648. The van der Waals surface area contributed by atoms with Crippen molar-refractivity contribution in [3.05, 3.63) is 59.1 Å². The molecule has 0 aliphatic rings. The molecule has 1 heterocycles. The SMILES string of the molecule is CC(=O)c1ccc(S(=O)(=O)N(C)CCCC(=O)N(C)Cc2nc3ccccc3s2)cc1. The molecular weight excluding hydrogens is 434 g/mol. The van der Waals surface area contributed by atoms with Gasteiger partial charge in [-0.1, -0.05) is 24.3 Å². The Balaban J connectivity index is 1.52. The van der Waals surface area contributed by atoms with Gasteiger partial charge in [0.25, 0.3) is 0 Å². The number of Topliss-reactive ketones (excluding diaryl/α,β-unsaturated/α-hetero) is 1. The van der Waals surface area contributed by atoms with Crippen LogP contribution in [0.15, 0.2) is 53.4 Å². The van der Waals surface area contributed by atoms with Gasteiger partial charge in [0.1, 0.15) is 5.01 Å². The van der Waals surface area contributed by atoms with Crippen molar-refractivity contribution in [1.29, 1.82) is 0 Å². The molecule has 7 nitrogen and oxygen atoms in total. The van der Waals surface area contributed by atoms with E-state index in [-0.39, 0.29) is 29.6 Å². The van der Waals surface area contributed by atoms with E-state index >= 15 is 0 Å². The zero-order valence-corrected chi connectivity index (χ0v) is 19.4. The summed E-state index contributed by atoms with van der Waals surface area (Å²) < 4.78 is 27.7. The highest BCUT2D eigenvalue weighted by Gasteiger charge is 2.21. The first kappa shape index (κ1) is 23.1. The van der Waals surface area contributed by atoms with Crippen molar-refractivity contribution in [2.24, 2.45) is 0 Å². The van der Waals surface area contributed by atoms with Crippen LogP contribution in [0, 0.1) is 0 Å². The molecule has 1 amide bonds. The van der Waals surface area contributed by atoms with E-state index in [0.717, 1.165) is 15.2 Å². The number of carbonyl (C=O) groups excluding carboxylic acids is 2. The van der Waals surface area contributed by atoms with Crippen molar-refractivity contribution in [3.8, 4) is 0 Å². The lowest BCUT2D eigenvalue weighted by atomic mass is 10.2. The molecule has 1 aromatic heterocycles. The summed E-state index contributed by atoms with van der Waals surface area (Å²) in [6.45, 7) is 2.08. The normalized spacial score (nSPS) is 11.7. The second-order valence-corrected chi connectivity index (χ2v) is 10.5. The summed E-state index contributed by atoms with van der Waals surface area (Å²) >= 11 is 1.56. The quantitative estimate of drug-likeness (QED) is 0.457. The largest absolute Gasteiger partial charge is 0.339 e. The molecule has 0 fully saturated rings. The Morgan fingerprint density at radius 3 is 2.35 bits per heavy atom. The number of sulfonamides is 1. The smallest absolute Gasteiger partial charge is 0.242 e. The predicted octanol–water partition coefficient (Wildman–Crippen LogP) is 3.56. The van der Waals surface area contributed by atoms with Crippen LogP contribution >= 0.6 is 11.3 Å². The molecule has 0 aliphatic carbocycles. The molecule has 0 aliphatic heterocycles. The molecule has 2 aromatic carbocycles. The summed E-state index contributed by atoms with van der Waals surface area (Å²) in [7, 11) is -0.457. The first-order valence-corrected chi connectivity index (χ1v) is 12.1. The number of fused-ring (bicyclic) bond motifs is 1. The zero-order valence-electron chi connectivity index (χ0n) is 17.7. The lowest BCUT2D eigenvalue weighted by Crippen LogP contribution is -2.30. The molecule has 0 unspecified atom stereocenters. The van der Waals surface area contributed by atoms with E-state index in [1.165, 1.54) is 42.5 Å². The summed E-state index contributed by atoms with van der Waals surface area (Å²) in [6, 6.07) is 13.7. The van der Waals surface area contributed by atoms with Crippen molar-refractivity contribution in [2.45, 2.75) is 31.2 Å². The number of hydrogen-bond acceptors (Lipinski definition) is 6. The number of carbonyl (C=O) groups is 2. The molecule has 0 spiro atoms. The van der Waals surface area contributed by atoms with E-state index in [1.807, 2.05) is 24.3 Å². The Kier molecular flexibility index (Phi) is 7.19. The molecule has 31 heavy (non-hydrogen) atoms. The summed E-state index contributed by atoms with van der Waals surface area (Å²) in [5.74, 6) is -0.179. The first-order valence-electron chi connectivity index (χ1n) is 9.84. The molecule has 0 bridgehead atoms. The average molecular weight is 460 g/mol. The summed E-state index contributed by atoms with van der Waals surface area (Å²) in [4.78, 5) is 30.1. The lowest BCUT2D eigenvalue weighted by Gasteiger charge is -2.19. The maximum Gasteiger partial charge on any atom is 0.242 e. The lowest BCUT2D eigenvalue weighted by molar-refractivity contribution is -0.130. The van der Waals surface area contributed by atoms with Gasteiger partial charge in [0.2, 0.25) is 15.9 Å². The molecule has 0 saturated heterocycles. The van der Waals surface area contributed by atoms with Crippen molar-refractivity contribution < 1.29 is 18.0 Å². The Hall–Kier alpha value is -2.62. The maximum absolute atomic E-state index is 12.7. The van der Waals surface area contributed by atoms with Crippen molar-refractivity contribution >= 4 is 43.3 Å². The first-order chi connectivity index (χ1) is 14.7. The van der Waals surface area contributed by atoms with Gasteiger partial charge >= 0.3 is 0 Å². The number of nitrogens with zero attached hydrogens (tertiary/aromatic N) is 3. The Bertz CT molecular complexity index is 1150. The molecule has 9 heteroatoms. The molecular formula is C22H25N3O4S2. The van der Waals surface area contributed by atoms with Crippen LogP contribution in [0.25, 0.3) is 10.2 Å². The number of ketones is 1. The Labute approximate surface area is 186 Å². The molecule has 0 atom stereocenters. The topological polar surface area (TPSA) is 87.7 Å². The number of benzene rings is 2. The minimum absolute atomic E-state index is 0.0594. The van der Waals surface area contributed by atoms with Crippen molar-refractivity contribution in [3.63, 3.8) is 0 Å². The van der Waals surface area contributed by atoms with Crippen LogP contribution in [0.5, 0.6) is 0 Å². The van der Waals surface area contributed by atoms with Crippen molar-refractivity contribution in [1.82, 2.24) is 14.2 Å². The molecule has 0 saturated carbocycles. The fourth-order valence-corrected chi connectivity index (χ4v) is 5.31. The highest BCUT2D eigenvalue weighted by molar-refractivity contribution is 7.89. The van der Waals surface area contributed by atoms with E-state index in [9.17, 15) is 18.0 Å². The third-order valence-corrected chi connectivity index (χ3v) is 7.86. The number of rotatable bonds is 9. The number of amides is 1. The van der Waals surface area contributed by atoms with Gasteiger partial charge < -0.3 is 4.90 Å². The minimum atomic E-state index is -3.67. The average Bonchev–Trinajstić information content (AvgIpc) is 3.15. The summed E-state index contributed by atoms with van der Waals surface area (Å²) in [5, 5.41) is 0.866. The number of aromatic nitrogens is 1.